The molecule has 1 aliphatic carbocycles. The van der Waals surface area contributed by atoms with Crippen molar-refractivity contribution in [2.45, 2.75) is 32.2 Å². The molecule has 2 aliphatic rings. The van der Waals surface area contributed by atoms with Gasteiger partial charge in [-0.15, -0.1) is 0 Å². The Morgan fingerprint density at radius 2 is 2.00 bits per heavy atom. The first-order valence-corrected chi connectivity index (χ1v) is 8.30. The first-order chi connectivity index (χ1) is 11.2. The van der Waals surface area contributed by atoms with Crippen molar-refractivity contribution in [3.63, 3.8) is 0 Å². The SMILES string of the molecule is Cc1cc2c(cn1)[C@H](C)[C@H]([C@@H]1c3ccccc3-c3cncn31)C2. The summed E-state index contributed by atoms with van der Waals surface area (Å²) >= 11 is 0. The van der Waals surface area contributed by atoms with E-state index in [0.29, 0.717) is 17.9 Å². The molecule has 3 heterocycles. The molecule has 0 radical (unpaired) electrons. The van der Waals surface area contributed by atoms with E-state index in [0.717, 1.165) is 12.1 Å². The van der Waals surface area contributed by atoms with Crippen molar-refractivity contribution in [3.8, 4) is 11.3 Å². The molecule has 1 aliphatic heterocycles. The molecule has 0 saturated carbocycles. The number of aromatic nitrogens is 3. The number of aryl methyl sites for hydroxylation is 1. The molecule has 0 amide bonds. The summed E-state index contributed by atoms with van der Waals surface area (Å²) in [6.45, 7) is 4.43. The van der Waals surface area contributed by atoms with Gasteiger partial charge in [-0.3, -0.25) is 4.98 Å². The maximum Gasteiger partial charge on any atom is 0.0956 e. The molecule has 0 unspecified atom stereocenters. The average molecular weight is 301 g/mol. The van der Waals surface area contributed by atoms with Gasteiger partial charge >= 0.3 is 0 Å². The van der Waals surface area contributed by atoms with Crippen molar-refractivity contribution < 1.29 is 0 Å². The largest absolute Gasteiger partial charge is 0.323 e. The predicted molar refractivity (Wildman–Crippen MR) is 90.4 cm³/mol. The molecule has 0 fully saturated rings. The molecular formula is C20H19N3. The van der Waals surface area contributed by atoms with Crippen LogP contribution in [0.2, 0.25) is 0 Å². The molecular weight excluding hydrogens is 282 g/mol. The second-order valence-electron chi connectivity index (χ2n) is 6.90. The van der Waals surface area contributed by atoms with Gasteiger partial charge in [0.1, 0.15) is 0 Å². The summed E-state index contributed by atoms with van der Waals surface area (Å²) in [5.74, 6) is 1.08. The van der Waals surface area contributed by atoms with Gasteiger partial charge in [0.25, 0.3) is 0 Å². The van der Waals surface area contributed by atoms with Gasteiger partial charge in [0.2, 0.25) is 0 Å². The zero-order valence-corrected chi connectivity index (χ0v) is 13.4. The Bertz CT molecular complexity index is 909. The van der Waals surface area contributed by atoms with Crippen LogP contribution < -0.4 is 0 Å². The van der Waals surface area contributed by atoms with Crippen LogP contribution in [-0.4, -0.2) is 14.5 Å². The molecule has 3 atom stereocenters. The summed E-state index contributed by atoms with van der Waals surface area (Å²) in [4.78, 5) is 8.92. The summed E-state index contributed by atoms with van der Waals surface area (Å²) in [6, 6.07) is 11.4. The minimum atomic E-state index is 0.381. The van der Waals surface area contributed by atoms with Crippen LogP contribution in [0, 0.1) is 12.8 Å². The van der Waals surface area contributed by atoms with Crippen molar-refractivity contribution in [1.82, 2.24) is 14.5 Å². The summed E-state index contributed by atoms with van der Waals surface area (Å²) in [5.41, 5.74) is 8.05. The van der Waals surface area contributed by atoms with E-state index in [1.54, 1.807) is 0 Å². The van der Waals surface area contributed by atoms with E-state index in [9.17, 15) is 0 Å². The number of nitrogens with zero attached hydrogens (tertiary/aromatic N) is 3. The Morgan fingerprint density at radius 3 is 2.91 bits per heavy atom. The van der Waals surface area contributed by atoms with Crippen LogP contribution in [0.5, 0.6) is 0 Å². The smallest absolute Gasteiger partial charge is 0.0956 e. The number of imidazole rings is 1. The lowest BCUT2D eigenvalue weighted by Gasteiger charge is -2.26. The van der Waals surface area contributed by atoms with Gasteiger partial charge in [-0.1, -0.05) is 31.2 Å². The van der Waals surface area contributed by atoms with E-state index < -0.39 is 0 Å². The predicted octanol–water partition coefficient (Wildman–Crippen LogP) is 4.13. The first-order valence-electron chi connectivity index (χ1n) is 8.30. The lowest BCUT2D eigenvalue weighted by molar-refractivity contribution is 0.360. The van der Waals surface area contributed by atoms with Crippen LogP contribution >= 0.6 is 0 Å². The normalized spacial score (nSPS) is 24.3. The van der Waals surface area contributed by atoms with Crippen LogP contribution in [0.3, 0.4) is 0 Å². The molecule has 1 aromatic carbocycles. The molecule has 0 N–H and O–H groups in total. The number of pyridine rings is 1. The van der Waals surface area contributed by atoms with Crippen LogP contribution in [-0.2, 0) is 6.42 Å². The zero-order valence-electron chi connectivity index (χ0n) is 13.4. The third kappa shape index (κ3) is 1.70. The van der Waals surface area contributed by atoms with Gasteiger partial charge in [0, 0.05) is 17.5 Å². The molecule has 3 heteroatoms. The molecule has 0 saturated heterocycles. The van der Waals surface area contributed by atoms with Crippen LogP contribution in [0.15, 0.2) is 49.1 Å². The highest BCUT2D eigenvalue weighted by Gasteiger charge is 2.41. The second kappa shape index (κ2) is 4.54. The van der Waals surface area contributed by atoms with E-state index in [4.69, 9.17) is 0 Å². The fourth-order valence-corrected chi connectivity index (χ4v) is 4.57. The fraction of sp³-hybridized carbons (Fsp3) is 0.300. The minimum absolute atomic E-state index is 0.381. The van der Waals surface area contributed by atoms with Crippen molar-refractivity contribution in [2.75, 3.05) is 0 Å². The van der Waals surface area contributed by atoms with Gasteiger partial charge in [0.15, 0.2) is 0 Å². The average Bonchev–Trinajstić information content (AvgIpc) is 3.21. The summed E-state index contributed by atoms with van der Waals surface area (Å²) in [6.07, 6.45) is 7.21. The van der Waals surface area contributed by atoms with E-state index in [1.807, 2.05) is 12.5 Å². The van der Waals surface area contributed by atoms with Crippen LogP contribution in [0.25, 0.3) is 11.3 Å². The number of hydrogen-bond acceptors (Lipinski definition) is 2. The van der Waals surface area contributed by atoms with E-state index in [2.05, 4.69) is 64.9 Å². The Hall–Kier alpha value is -2.42. The molecule has 0 spiro atoms. The monoisotopic (exact) mass is 301 g/mol. The minimum Gasteiger partial charge on any atom is -0.323 e. The summed E-state index contributed by atoms with van der Waals surface area (Å²) < 4.78 is 2.37. The second-order valence-corrected chi connectivity index (χ2v) is 6.90. The third-order valence-corrected chi connectivity index (χ3v) is 5.68. The van der Waals surface area contributed by atoms with E-state index >= 15 is 0 Å². The highest BCUT2D eigenvalue weighted by Crippen LogP contribution is 2.51. The molecule has 114 valence electrons. The number of benzene rings is 1. The molecule has 0 bridgehead atoms. The van der Waals surface area contributed by atoms with Crippen molar-refractivity contribution in [3.05, 3.63) is 71.4 Å². The van der Waals surface area contributed by atoms with Crippen molar-refractivity contribution in [2.24, 2.45) is 5.92 Å². The Morgan fingerprint density at radius 1 is 1.13 bits per heavy atom. The molecule has 23 heavy (non-hydrogen) atoms. The van der Waals surface area contributed by atoms with Crippen LogP contribution in [0.1, 0.15) is 41.3 Å². The molecule has 2 aromatic heterocycles. The van der Waals surface area contributed by atoms with Crippen molar-refractivity contribution in [1.29, 1.82) is 0 Å². The molecule has 3 aromatic rings. The van der Waals surface area contributed by atoms with Gasteiger partial charge in [-0.25, -0.2) is 4.98 Å². The first kappa shape index (κ1) is 13.1. The molecule has 3 nitrogen and oxygen atoms in total. The number of rotatable bonds is 1. The Balaban J connectivity index is 1.64. The standard InChI is InChI=1S/C20H19N3/c1-12-7-14-8-17(13(2)18(14)9-22-12)20-16-6-4-3-5-15(16)19-10-21-11-23(19)20/h3-7,9-11,13,17,20H,8H2,1-2H3/t13-,17-,20+/m1/s1. The van der Waals surface area contributed by atoms with E-state index in [-0.39, 0.29) is 0 Å². The molecule has 5 rings (SSSR count). The zero-order chi connectivity index (χ0) is 15.6. The lowest BCUT2D eigenvalue weighted by Crippen LogP contribution is -2.20. The quantitative estimate of drug-likeness (QED) is 0.676. The summed E-state index contributed by atoms with van der Waals surface area (Å²) in [7, 11) is 0. The number of hydrogen-bond donors (Lipinski definition) is 0. The van der Waals surface area contributed by atoms with Gasteiger partial charge < -0.3 is 4.57 Å². The Kier molecular flexibility index (Phi) is 2.58. The highest BCUT2D eigenvalue weighted by molar-refractivity contribution is 5.69. The topological polar surface area (TPSA) is 30.7 Å². The van der Waals surface area contributed by atoms with Crippen LogP contribution in [0.4, 0.5) is 0 Å². The van der Waals surface area contributed by atoms with Crippen molar-refractivity contribution >= 4 is 0 Å². The number of fused-ring (bicyclic) bond motifs is 4. The maximum atomic E-state index is 4.52. The fourth-order valence-electron chi connectivity index (χ4n) is 4.57. The third-order valence-electron chi connectivity index (χ3n) is 5.68. The lowest BCUT2D eigenvalue weighted by atomic mass is 9.84. The van der Waals surface area contributed by atoms with Gasteiger partial charge in [0.05, 0.1) is 24.3 Å². The summed E-state index contributed by atoms with van der Waals surface area (Å²) in [5, 5.41) is 0. The van der Waals surface area contributed by atoms with E-state index in [1.165, 1.54) is 27.9 Å². The Labute approximate surface area is 136 Å². The van der Waals surface area contributed by atoms with Gasteiger partial charge in [-0.2, -0.15) is 0 Å². The maximum absolute atomic E-state index is 4.52. The van der Waals surface area contributed by atoms with Gasteiger partial charge in [-0.05, 0) is 47.9 Å². The highest BCUT2D eigenvalue weighted by atomic mass is 15.1.